The summed E-state index contributed by atoms with van der Waals surface area (Å²) in [6.45, 7) is 4.34. The van der Waals surface area contributed by atoms with Crippen molar-refractivity contribution in [1.82, 2.24) is 4.57 Å². The second-order valence-corrected chi connectivity index (χ2v) is 7.77. The molecule has 0 saturated heterocycles. The Balaban J connectivity index is 1.82. The highest BCUT2D eigenvalue weighted by Gasteiger charge is 2.10. The first-order valence-corrected chi connectivity index (χ1v) is 9.12. The van der Waals surface area contributed by atoms with E-state index in [9.17, 15) is 4.79 Å². The minimum Gasteiger partial charge on any atom is -0.338 e. The molecule has 118 valence electrons. The van der Waals surface area contributed by atoms with E-state index in [0.29, 0.717) is 6.54 Å². The van der Waals surface area contributed by atoms with Crippen LogP contribution in [0.1, 0.15) is 11.1 Å². The Morgan fingerprint density at radius 1 is 1.17 bits per heavy atom. The maximum atomic E-state index is 12.4. The first-order valence-electron chi connectivity index (χ1n) is 7.25. The van der Waals surface area contributed by atoms with Crippen LogP contribution in [-0.4, -0.2) is 10.5 Å². The number of fused-ring (bicyclic) bond motifs is 1. The number of amides is 1. The van der Waals surface area contributed by atoms with E-state index in [-0.39, 0.29) is 5.91 Å². The summed E-state index contributed by atoms with van der Waals surface area (Å²) in [6.07, 6.45) is 1.95. The number of rotatable bonds is 3. The van der Waals surface area contributed by atoms with Crippen LogP contribution in [0.5, 0.6) is 0 Å². The molecule has 1 amide bonds. The molecule has 2 aromatic carbocycles. The highest BCUT2D eigenvalue weighted by molar-refractivity contribution is 14.1. The van der Waals surface area contributed by atoms with Crippen LogP contribution in [0.3, 0.4) is 0 Å². The summed E-state index contributed by atoms with van der Waals surface area (Å²) in [5.41, 5.74) is 4.14. The molecule has 0 saturated carbocycles. The molecule has 3 nitrogen and oxygen atoms in total. The van der Waals surface area contributed by atoms with Gasteiger partial charge >= 0.3 is 0 Å². The first kappa shape index (κ1) is 16.5. The summed E-state index contributed by atoms with van der Waals surface area (Å²) >= 11 is 5.76. The Morgan fingerprint density at radius 3 is 2.57 bits per heavy atom. The van der Waals surface area contributed by atoms with Crippen molar-refractivity contribution in [1.29, 1.82) is 0 Å². The van der Waals surface area contributed by atoms with Gasteiger partial charge < -0.3 is 9.88 Å². The van der Waals surface area contributed by atoms with Crippen molar-refractivity contribution in [2.24, 2.45) is 0 Å². The van der Waals surface area contributed by atoms with Crippen LogP contribution in [0.4, 0.5) is 5.69 Å². The Morgan fingerprint density at radius 2 is 1.87 bits per heavy atom. The first-order chi connectivity index (χ1) is 10.9. The fraction of sp³-hybridized carbons (Fsp3) is 0.167. The maximum Gasteiger partial charge on any atom is 0.244 e. The van der Waals surface area contributed by atoms with E-state index in [1.54, 1.807) is 0 Å². The standard InChI is InChI=1S/C18H16BrIN2O/c1-11-7-15(20)8-12(2)18(11)21-17(23)10-22-6-5-13-9-14(19)3-4-16(13)22/h3-9H,10H2,1-2H3,(H,21,23). The summed E-state index contributed by atoms with van der Waals surface area (Å²) in [5, 5.41) is 4.17. The van der Waals surface area contributed by atoms with E-state index in [4.69, 9.17) is 0 Å². The SMILES string of the molecule is Cc1cc(I)cc(C)c1NC(=O)Cn1ccc2cc(Br)ccc21. The molecule has 0 aliphatic heterocycles. The lowest BCUT2D eigenvalue weighted by molar-refractivity contribution is -0.116. The van der Waals surface area contributed by atoms with Gasteiger partial charge in [-0.05, 0) is 84.0 Å². The molecular weight excluding hydrogens is 467 g/mol. The van der Waals surface area contributed by atoms with E-state index in [1.807, 2.05) is 42.8 Å². The number of anilines is 1. The van der Waals surface area contributed by atoms with Crippen molar-refractivity contribution in [3.63, 3.8) is 0 Å². The topological polar surface area (TPSA) is 34.0 Å². The van der Waals surface area contributed by atoms with E-state index in [0.717, 1.165) is 32.2 Å². The van der Waals surface area contributed by atoms with Crippen molar-refractivity contribution in [3.8, 4) is 0 Å². The third-order valence-corrected chi connectivity index (χ3v) is 4.92. The molecule has 3 aromatic rings. The number of benzene rings is 2. The molecule has 0 aliphatic carbocycles. The largest absolute Gasteiger partial charge is 0.338 e. The van der Waals surface area contributed by atoms with Crippen molar-refractivity contribution in [2.45, 2.75) is 20.4 Å². The number of hydrogen-bond acceptors (Lipinski definition) is 1. The van der Waals surface area contributed by atoms with E-state index in [2.05, 4.69) is 62.0 Å². The van der Waals surface area contributed by atoms with Crippen LogP contribution in [-0.2, 0) is 11.3 Å². The third kappa shape index (κ3) is 3.61. The molecule has 1 N–H and O–H groups in total. The number of aromatic nitrogens is 1. The lowest BCUT2D eigenvalue weighted by Crippen LogP contribution is -2.19. The smallest absolute Gasteiger partial charge is 0.244 e. The number of aryl methyl sites for hydroxylation is 2. The monoisotopic (exact) mass is 482 g/mol. The number of nitrogens with one attached hydrogen (secondary N) is 1. The van der Waals surface area contributed by atoms with Crippen LogP contribution in [0.25, 0.3) is 10.9 Å². The molecule has 0 radical (unpaired) electrons. The Bertz CT molecular complexity index is 878. The van der Waals surface area contributed by atoms with Crippen molar-refractivity contribution in [3.05, 3.63) is 61.8 Å². The zero-order valence-electron chi connectivity index (χ0n) is 12.9. The minimum absolute atomic E-state index is 0.0159. The maximum absolute atomic E-state index is 12.4. The van der Waals surface area contributed by atoms with Gasteiger partial charge in [0.25, 0.3) is 0 Å². The van der Waals surface area contributed by atoms with Crippen LogP contribution in [0.15, 0.2) is 47.1 Å². The van der Waals surface area contributed by atoms with Crippen LogP contribution in [0.2, 0.25) is 0 Å². The number of carbonyl (C=O) groups excluding carboxylic acids is 1. The Hall–Kier alpha value is -1.34. The number of hydrogen-bond donors (Lipinski definition) is 1. The predicted molar refractivity (Wildman–Crippen MR) is 107 cm³/mol. The van der Waals surface area contributed by atoms with Crippen LogP contribution >= 0.6 is 38.5 Å². The van der Waals surface area contributed by atoms with Crippen LogP contribution in [0, 0.1) is 17.4 Å². The molecule has 1 heterocycles. The highest BCUT2D eigenvalue weighted by Crippen LogP contribution is 2.24. The minimum atomic E-state index is -0.0159. The molecular formula is C18H16BrIN2O. The second-order valence-electron chi connectivity index (χ2n) is 5.61. The Labute approximate surface area is 157 Å². The van der Waals surface area contributed by atoms with E-state index >= 15 is 0 Å². The van der Waals surface area contributed by atoms with Crippen molar-refractivity contribution < 1.29 is 4.79 Å². The van der Waals surface area contributed by atoms with Gasteiger partial charge in [-0.3, -0.25) is 4.79 Å². The number of nitrogens with zero attached hydrogens (tertiary/aromatic N) is 1. The number of halogens is 2. The second kappa shape index (κ2) is 6.65. The third-order valence-electron chi connectivity index (χ3n) is 3.81. The van der Waals surface area contributed by atoms with Crippen molar-refractivity contribution >= 4 is 61.0 Å². The Kier molecular flexibility index (Phi) is 4.77. The van der Waals surface area contributed by atoms with Gasteiger partial charge in [0.05, 0.1) is 0 Å². The number of carbonyl (C=O) groups is 1. The molecule has 0 spiro atoms. The quantitative estimate of drug-likeness (QED) is 0.507. The summed E-state index contributed by atoms with van der Waals surface area (Å²) in [4.78, 5) is 12.4. The summed E-state index contributed by atoms with van der Waals surface area (Å²) in [6, 6.07) is 12.2. The van der Waals surface area contributed by atoms with Crippen molar-refractivity contribution in [2.75, 3.05) is 5.32 Å². The molecule has 1 aromatic heterocycles. The lowest BCUT2D eigenvalue weighted by Gasteiger charge is -2.13. The molecule has 3 rings (SSSR count). The molecule has 0 unspecified atom stereocenters. The summed E-state index contributed by atoms with van der Waals surface area (Å²) in [5.74, 6) is -0.0159. The van der Waals surface area contributed by atoms with Gasteiger partial charge in [-0.25, -0.2) is 0 Å². The lowest BCUT2D eigenvalue weighted by atomic mass is 10.1. The molecule has 0 bridgehead atoms. The molecule has 23 heavy (non-hydrogen) atoms. The summed E-state index contributed by atoms with van der Waals surface area (Å²) < 4.78 is 4.18. The predicted octanol–water partition coefficient (Wildman–Crippen LogP) is 5.26. The van der Waals surface area contributed by atoms with Gasteiger partial charge in [0.15, 0.2) is 0 Å². The van der Waals surface area contributed by atoms with Gasteiger partial charge in [0.2, 0.25) is 5.91 Å². The molecule has 0 atom stereocenters. The molecule has 0 fully saturated rings. The average Bonchev–Trinajstić information content (AvgIpc) is 2.85. The zero-order valence-corrected chi connectivity index (χ0v) is 16.6. The van der Waals surface area contributed by atoms with Crippen LogP contribution < -0.4 is 5.32 Å². The van der Waals surface area contributed by atoms with Gasteiger partial charge in [-0.1, -0.05) is 15.9 Å². The van der Waals surface area contributed by atoms with E-state index < -0.39 is 0 Å². The molecule has 5 heteroatoms. The fourth-order valence-corrected chi connectivity index (χ4v) is 4.06. The average molecular weight is 483 g/mol. The van der Waals surface area contributed by atoms with Gasteiger partial charge in [0, 0.05) is 30.8 Å². The summed E-state index contributed by atoms with van der Waals surface area (Å²) in [7, 11) is 0. The normalized spacial score (nSPS) is 11.0. The van der Waals surface area contributed by atoms with Gasteiger partial charge in [0.1, 0.15) is 6.54 Å². The van der Waals surface area contributed by atoms with E-state index in [1.165, 1.54) is 3.57 Å². The fourth-order valence-electron chi connectivity index (χ4n) is 2.75. The van der Waals surface area contributed by atoms with Gasteiger partial charge in [-0.2, -0.15) is 0 Å². The van der Waals surface area contributed by atoms with Gasteiger partial charge in [-0.15, -0.1) is 0 Å². The zero-order chi connectivity index (χ0) is 16.6. The highest BCUT2D eigenvalue weighted by atomic mass is 127. The molecule has 0 aliphatic rings.